The molecule has 0 fully saturated rings. The average Bonchev–Trinajstić information content (AvgIpc) is 3.00. The summed E-state index contributed by atoms with van der Waals surface area (Å²) in [7, 11) is 0. The Labute approximate surface area is 198 Å². The first-order chi connectivity index (χ1) is 15.8. The zero-order valence-electron chi connectivity index (χ0n) is 19.0. The molecule has 2 amide bonds. The van der Waals surface area contributed by atoms with Crippen LogP contribution in [-0.4, -0.2) is 18.4 Å². The van der Waals surface area contributed by atoms with E-state index in [0.717, 1.165) is 16.7 Å². The average molecular weight is 461 g/mol. The van der Waals surface area contributed by atoms with Crippen molar-refractivity contribution in [1.82, 2.24) is 0 Å². The summed E-state index contributed by atoms with van der Waals surface area (Å²) in [4.78, 5) is 28.6. The monoisotopic (exact) mass is 460 g/mol. The van der Waals surface area contributed by atoms with Gasteiger partial charge in [0.1, 0.15) is 11.4 Å². The fourth-order valence-electron chi connectivity index (χ4n) is 4.01. The second-order valence-electron chi connectivity index (χ2n) is 8.03. The number of aryl methyl sites for hydroxylation is 3. The number of benzene rings is 3. The highest BCUT2D eigenvalue weighted by molar-refractivity contribution is 6.46. The van der Waals surface area contributed by atoms with Gasteiger partial charge >= 0.3 is 0 Å². The third-order valence-corrected chi connectivity index (χ3v) is 5.80. The van der Waals surface area contributed by atoms with Gasteiger partial charge in [0, 0.05) is 16.8 Å². The minimum absolute atomic E-state index is 0.222. The number of carbonyl (C=O) groups excluding carboxylic acids is 2. The van der Waals surface area contributed by atoms with Gasteiger partial charge in [-0.3, -0.25) is 9.59 Å². The molecule has 6 heteroatoms. The van der Waals surface area contributed by atoms with E-state index in [0.29, 0.717) is 39.9 Å². The molecule has 168 valence electrons. The number of hydrogen-bond acceptors (Lipinski definition) is 4. The lowest BCUT2D eigenvalue weighted by atomic mass is 9.97. The molecule has 0 aromatic heterocycles. The van der Waals surface area contributed by atoms with Crippen LogP contribution in [0, 0.1) is 20.8 Å². The van der Waals surface area contributed by atoms with Gasteiger partial charge in [0.05, 0.1) is 17.9 Å². The number of nitrogens with one attached hydrogen (secondary N) is 1. The van der Waals surface area contributed by atoms with Crippen LogP contribution in [-0.2, 0) is 9.59 Å². The standard InChI is InChI=1S/C27H25ClN2O3/c1-5-33-21-8-6-7-20(15-21)29-25-24(22-12-9-16(2)13-18(22)4)26(31)30(27(25)32)23-14-19(28)11-10-17(23)3/h6-15,29H,5H2,1-4H3. The molecule has 4 rings (SSSR count). The third-order valence-electron chi connectivity index (χ3n) is 5.56. The molecule has 0 bridgehead atoms. The van der Waals surface area contributed by atoms with Crippen molar-refractivity contribution in [2.45, 2.75) is 27.7 Å². The highest BCUT2D eigenvalue weighted by Gasteiger charge is 2.41. The van der Waals surface area contributed by atoms with Crippen molar-refractivity contribution in [2.75, 3.05) is 16.8 Å². The van der Waals surface area contributed by atoms with E-state index in [1.165, 1.54) is 4.90 Å². The third kappa shape index (κ3) is 4.37. The molecule has 0 atom stereocenters. The molecule has 33 heavy (non-hydrogen) atoms. The van der Waals surface area contributed by atoms with Crippen molar-refractivity contribution in [3.63, 3.8) is 0 Å². The van der Waals surface area contributed by atoms with Crippen LogP contribution in [0.1, 0.15) is 29.2 Å². The van der Waals surface area contributed by atoms with Crippen molar-refractivity contribution in [3.8, 4) is 5.75 Å². The molecule has 0 spiro atoms. The summed E-state index contributed by atoms with van der Waals surface area (Å²) in [5, 5.41) is 3.65. The molecular weight excluding hydrogens is 436 g/mol. The van der Waals surface area contributed by atoms with Crippen LogP contribution in [0.2, 0.25) is 5.02 Å². The molecule has 0 radical (unpaired) electrons. The van der Waals surface area contributed by atoms with E-state index in [-0.39, 0.29) is 11.6 Å². The number of hydrogen-bond donors (Lipinski definition) is 1. The second-order valence-corrected chi connectivity index (χ2v) is 8.47. The molecule has 3 aromatic rings. The summed E-state index contributed by atoms with van der Waals surface area (Å²) in [6.07, 6.45) is 0. The van der Waals surface area contributed by atoms with Gasteiger partial charge in [0.25, 0.3) is 11.8 Å². The van der Waals surface area contributed by atoms with Gasteiger partial charge in [-0.15, -0.1) is 0 Å². The second kappa shape index (κ2) is 9.12. The zero-order valence-corrected chi connectivity index (χ0v) is 19.8. The SMILES string of the molecule is CCOc1cccc(NC2=C(c3ccc(C)cc3C)C(=O)N(c3cc(Cl)ccc3C)C2=O)c1. The molecule has 1 heterocycles. The topological polar surface area (TPSA) is 58.6 Å². The highest BCUT2D eigenvalue weighted by atomic mass is 35.5. The molecule has 1 aliphatic rings. The van der Waals surface area contributed by atoms with Crippen molar-refractivity contribution in [3.05, 3.63) is 93.6 Å². The molecule has 0 aliphatic carbocycles. The van der Waals surface area contributed by atoms with E-state index in [1.807, 2.05) is 64.1 Å². The van der Waals surface area contributed by atoms with Gasteiger partial charge in [-0.1, -0.05) is 47.5 Å². The summed E-state index contributed by atoms with van der Waals surface area (Å²) in [6.45, 7) is 8.21. The molecule has 5 nitrogen and oxygen atoms in total. The Hall–Kier alpha value is -3.57. The normalized spacial score (nSPS) is 13.7. The summed E-state index contributed by atoms with van der Waals surface area (Å²) in [5.41, 5.74) is 5.17. The van der Waals surface area contributed by atoms with Crippen LogP contribution in [0.4, 0.5) is 11.4 Å². The molecular formula is C27H25ClN2O3. The lowest BCUT2D eigenvalue weighted by Crippen LogP contribution is -2.33. The fourth-order valence-corrected chi connectivity index (χ4v) is 4.17. The van der Waals surface area contributed by atoms with Crippen molar-refractivity contribution < 1.29 is 14.3 Å². The minimum Gasteiger partial charge on any atom is -0.494 e. The molecule has 1 aliphatic heterocycles. The van der Waals surface area contributed by atoms with Crippen LogP contribution in [0.5, 0.6) is 5.75 Å². The number of carbonyl (C=O) groups is 2. The Morgan fingerprint density at radius 2 is 1.70 bits per heavy atom. The summed E-state index contributed by atoms with van der Waals surface area (Å²) < 4.78 is 5.59. The number of anilines is 2. The van der Waals surface area contributed by atoms with Gasteiger partial charge in [0.2, 0.25) is 0 Å². The van der Waals surface area contributed by atoms with Gasteiger partial charge in [-0.05, 0) is 68.7 Å². The Bertz CT molecular complexity index is 1300. The maximum absolute atomic E-state index is 13.7. The van der Waals surface area contributed by atoms with E-state index in [2.05, 4.69) is 5.32 Å². The number of halogens is 1. The van der Waals surface area contributed by atoms with Crippen molar-refractivity contribution >= 4 is 40.4 Å². The minimum atomic E-state index is -0.429. The van der Waals surface area contributed by atoms with Crippen LogP contribution < -0.4 is 15.0 Å². The lowest BCUT2D eigenvalue weighted by Gasteiger charge is -2.18. The molecule has 0 saturated heterocycles. The largest absolute Gasteiger partial charge is 0.494 e. The first-order valence-corrected chi connectivity index (χ1v) is 11.1. The van der Waals surface area contributed by atoms with Gasteiger partial charge < -0.3 is 10.1 Å². The predicted molar refractivity (Wildman–Crippen MR) is 133 cm³/mol. The number of ether oxygens (including phenoxy) is 1. The maximum atomic E-state index is 13.7. The van der Waals surface area contributed by atoms with Crippen LogP contribution in [0.25, 0.3) is 5.57 Å². The Morgan fingerprint density at radius 3 is 2.42 bits per heavy atom. The lowest BCUT2D eigenvalue weighted by molar-refractivity contribution is -0.120. The van der Waals surface area contributed by atoms with Crippen LogP contribution >= 0.6 is 11.6 Å². The Balaban J connectivity index is 1.86. The van der Waals surface area contributed by atoms with Crippen LogP contribution in [0.15, 0.2) is 66.4 Å². The molecule has 1 N–H and O–H groups in total. The van der Waals surface area contributed by atoms with Gasteiger partial charge in [-0.2, -0.15) is 0 Å². The molecule has 3 aromatic carbocycles. The number of rotatable bonds is 6. The maximum Gasteiger partial charge on any atom is 0.282 e. The number of imide groups is 1. The Morgan fingerprint density at radius 1 is 0.909 bits per heavy atom. The van der Waals surface area contributed by atoms with Crippen LogP contribution in [0.3, 0.4) is 0 Å². The fraction of sp³-hybridized carbons (Fsp3) is 0.185. The zero-order chi connectivity index (χ0) is 23.7. The smallest absolute Gasteiger partial charge is 0.282 e. The quantitative estimate of drug-likeness (QED) is 0.454. The van der Waals surface area contributed by atoms with Crippen molar-refractivity contribution in [1.29, 1.82) is 0 Å². The summed E-state index contributed by atoms with van der Waals surface area (Å²) in [6, 6.07) is 18.3. The summed E-state index contributed by atoms with van der Waals surface area (Å²) >= 11 is 6.21. The Kier molecular flexibility index (Phi) is 6.25. The number of nitrogens with zero attached hydrogens (tertiary/aromatic N) is 1. The molecule has 0 unspecified atom stereocenters. The number of amides is 2. The first kappa shape index (κ1) is 22.6. The van der Waals surface area contributed by atoms with E-state index in [1.54, 1.807) is 24.3 Å². The van der Waals surface area contributed by atoms with E-state index in [9.17, 15) is 9.59 Å². The van der Waals surface area contributed by atoms with E-state index >= 15 is 0 Å². The van der Waals surface area contributed by atoms with Gasteiger partial charge in [0.15, 0.2) is 0 Å². The molecule has 0 saturated carbocycles. The van der Waals surface area contributed by atoms with Gasteiger partial charge in [-0.25, -0.2) is 4.90 Å². The van der Waals surface area contributed by atoms with Crippen molar-refractivity contribution in [2.24, 2.45) is 0 Å². The predicted octanol–water partition coefficient (Wildman–Crippen LogP) is 6.06. The first-order valence-electron chi connectivity index (χ1n) is 10.8. The van der Waals surface area contributed by atoms with E-state index in [4.69, 9.17) is 16.3 Å². The van der Waals surface area contributed by atoms with E-state index < -0.39 is 5.91 Å². The highest BCUT2D eigenvalue weighted by Crippen LogP contribution is 2.37. The summed E-state index contributed by atoms with van der Waals surface area (Å²) in [5.74, 6) is -0.140.